The van der Waals surface area contributed by atoms with Crippen LogP contribution in [0, 0.1) is 6.92 Å². The number of imidazole rings is 1. The van der Waals surface area contributed by atoms with Gasteiger partial charge < -0.3 is 25.3 Å². The van der Waals surface area contributed by atoms with Crippen molar-refractivity contribution in [3.63, 3.8) is 0 Å². The Morgan fingerprint density at radius 3 is 2.50 bits per heavy atom. The smallest absolute Gasteiger partial charge is 0.364 e. The first-order valence-electron chi connectivity index (χ1n) is 11.8. The van der Waals surface area contributed by atoms with Crippen molar-refractivity contribution in [2.45, 2.75) is 63.8 Å². The van der Waals surface area contributed by atoms with Crippen molar-refractivity contribution in [3.05, 3.63) is 41.0 Å². The van der Waals surface area contributed by atoms with E-state index in [1.807, 2.05) is 5.32 Å². The molecule has 2 aromatic heterocycles. The Hall–Kier alpha value is -3.89. The second-order valence-corrected chi connectivity index (χ2v) is 10.1. The van der Waals surface area contributed by atoms with Crippen molar-refractivity contribution < 1.29 is 45.3 Å². The highest BCUT2D eigenvalue weighted by atomic mass is 19.4. The number of hydrogen-bond donors (Lipinski definition) is 3. The largest absolute Gasteiger partial charge is 0.416 e. The van der Waals surface area contributed by atoms with E-state index < -0.39 is 54.6 Å². The molecule has 1 aliphatic rings. The minimum absolute atomic E-state index is 0.0381. The fourth-order valence-electron chi connectivity index (χ4n) is 3.88. The van der Waals surface area contributed by atoms with Crippen LogP contribution in [0.4, 0.5) is 31.1 Å². The maximum Gasteiger partial charge on any atom is 0.416 e. The SMILES string of the molecule is Cc1nonc1C(=O)N[C@@H](COC(C)(C)C(F)(F)F)c1nc2ccc(CN3C[C@@](C)(C(F)(F)F)NC3=O)cc2[nH]1. The first-order valence-corrected chi connectivity index (χ1v) is 11.8. The van der Waals surface area contributed by atoms with Gasteiger partial charge in [-0.15, -0.1) is 0 Å². The van der Waals surface area contributed by atoms with Crippen molar-refractivity contribution in [1.29, 1.82) is 0 Å². The molecule has 3 N–H and O–H groups in total. The summed E-state index contributed by atoms with van der Waals surface area (Å²) in [5, 5.41) is 11.5. The normalized spacial score (nSPS) is 19.2. The van der Waals surface area contributed by atoms with E-state index in [4.69, 9.17) is 4.74 Å². The lowest BCUT2D eigenvalue weighted by atomic mass is 10.0. The summed E-state index contributed by atoms with van der Waals surface area (Å²) in [5.74, 6) is -0.762. The van der Waals surface area contributed by atoms with Gasteiger partial charge in [0.05, 0.1) is 24.2 Å². The Balaban J connectivity index is 1.58. The standard InChI is InChI=1S/C23H25F6N7O4/c1-11-16(35-40-34-11)18(37)32-15(9-39-20(2,3)22(24,25)26)17-30-13-6-5-12(7-14(13)31-17)8-36-10-21(4,23(27,28)29)33-19(36)38/h5-7,15H,8-10H2,1-4H3,(H,30,31)(H,32,37)(H,33,38)/t15-,21-/m0/s1. The molecule has 0 unspecified atom stereocenters. The monoisotopic (exact) mass is 577 g/mol. The summed E-state index contributed by atoms with van der Waals surface area (Å²) in [5.41, 5.74) is -3.83. The Labute approximate surface area is 222 Å². The van der Waals surface area contributed by atoms with Gasteiger partial charge in [0.15, 0.2) is 16.8 Å². The van der Waals surface area contributed by atoms with Crippen molar-refractivity contribution in [2.75, 3.05) is 13.2 Å². The molecule has 1 aliphatic heterocycles. The first kappa shape index (κ1) is 29.1. The number of rotatable bonds is 8. The maximum atomic E-state index is 13.4. The maximum absolute atomic E-state index is 13.4. The van der Waals surface area contributed by atoms with E-state index in [-0.39, 0.29) is 23.8 Å². The van der Waals surface area contributed by atoms with Gasteiger partial charge in [0, 0.05) is 6.54 Å². The number of fused-ring (bicyclic) bond motifs is 1. The minimum atomic E-state index is -4.71. The average Bonchev–Trinajstić information content (AvgIpc) is 3.52. The minimum Gasteiger partial charge on any atom is -0.364 e. The number of nitrogens with one attached hydrogen (secondary N) is 3. The summed E-state index contributed by atoms with van der Waals surface area (Å²) in [6.45, 7) is 2.62. The number of aromatic nitrogens is 4. The third kappa shape index (κ3) is 5.68. The molecule has 1 saturated heterocycles. The zero-order valence-electron chi connectivity index (χ0n) is 21.6. The van der Waals surface area contributed by atoms with Crippen LogP contribution in [0.3, 0.4) is 0 Å². The first-order chi connectivity index (χ1) is 18.4. The van der Waals surface area contributed by atoms with Gasteiger partial charge in [0.25, 0.3) is 5.91 Å². The van der Waals surface area contributed by atoms with E-state index in [2.05, 4.69) is 30.2 Å². The molecule has 11 nitrogen and oxygen atoms in total. The van der Waals surface area contributed by atoms with Crippen molar-refractivity contribution >= 4 is 23.0 Å². The van der Waals surface area contributed by atoms with Crippen LogP contribution in [0.15, 0.2) is 22.8 Å². The molecule has 2 atom stereocenters. The average molecular weight is 577 g/mol. The second kappa shape index (κ2) is 9.94. The number of carbonyl (C=O) groups excluding carboxylic acids is 2. The molecule has 1 fully saturated rings. The van der Waals surface area contributed by atoms with Crippen LogP contribution < -0.4 is 10.6 Å². The second-order valence-electron chi connectivity index (χ2n) is 10.1. The van der Waals surface area contributed by atoms with E-state index >= 15 is 0 Å². The number of nitrogens with zero attached hydrogens (tertiary/aromatic N) is 4. The lowest BCUT2D eigenvalue weighted by molar-refractivity contribution is -0.265. The van der Waals surface area contributed by atoms with Gasteiger partial charge in [-0.25, -0.2) is 14.4 Å². The lowest BCUT2D eigenvalue weighted by Gasteiger charge is -2.29. The molecule has 3 aromatic rings. The van der Waals surface area contributed by atoms with E-state index in [0.29, 0.717) is 16.6 Å². The Bertz CT molecular complexity index is 1420. The predicted octanol–water partition coefficient (Wildman–Crippen LogP) is 3.93. The van der Waals surface area contributed by atoms with E-state index in [1.165, 1.54) is 19.1 Å². The number of ether oxygens (including phenoxy) is 1. The van der Waals surface area contributed by atoms with Crippen LogP contribution in [-0.2, 0) is 11.3 Å². The van der Waals surface area contributed by atoms with Crippen molar-refractivity contribution in [3.8, 4) is 0 Å². The molecule has 0 radical (unpaired) electrons. The number of aromatic amines is 1. The molecule has 218 valence electrons. The van der Waals surface area contributed by atoms with Gasteiger partial charge >= 0.3 is 18.4 Å². The highest BCUT2D eigenvalue weighted by Crippen LogP contribution is 2.35. The molecular formula is C23H25F6N7O4. The zero-order chi connectivity index (χ0) is 29.7. The van der Waals surface area contributed by atoms with E-state index in [0.717, 1.165) is 25.7 Å². The molecular weight excluding hydrogens is 552 g/mol. The highest BCUT2D eigenvalue weighted by molar-refractivity contribution is 5.93. The molecule has 40 heavy (non-hydrogen) atoms. The van der Waals surface area contributed by atoms with E-state index in [9.17, 15) is 35.9 Å². The van der Waals surface area contributed by atoms with Crippen LogP contribution in [0.25, 0.3) is 11.0 Å². The van der Waals surface area contributed by atoms with Gasteiger partial charge in [-0.3, -0.25) is 4.79 Å². The van der Waals surface area contributed by atoms with Crippen molar-refractivity contribution in [1.82, 2.24) is 35.8 Å². The molecule has 0 spiro atoms. The number of carbonyl (C=O) groups is 2. The van der Waals surface area contributed by atoms with Gasteiger partial charge in [-0.2, -0.15) is 26.3 Å². The van der Waals surface area contributed by atoms with Crippen molar-refractivity contribution in [2.24, 2.45) is 0 Å². The number of benzene rings is 1. The molecule has 1 aromatic carbocycles. The number of hydrogen-bond acceptors (Lipinski definition) is 7. The van der Waals surface area contributed by atoms with Crippen LogP contribution in [0.5, 0.6) is 0 Å². The summed E-state index contributed by atoms with van der Waals surface area (Å²) in [6.07, 6.45) is -9.36. The fraction of sp³-hybridized carbons (Fsp3) is 0.522. The summed E-state index contributed by atoms with van der Waals surface area (Å²) in [6, 6.07) is 2.51. The summed E-state index contributed by atoms with van der Waals surface area (Å²) in [4.78, 5) is 33.2. The number of H-pyrrole nitrogens is 1. The number of alkyl halides is 6. The molecule has 0 bridgehead atoms. The molecule has 0 saturated carbocycles. The Morgan fingerprint density at radius 2 is 1.93 bits per heavy atom. The van der Waals surface area contributed by atoms with Gasteiger partial charge in [-0.1, -0.05) is 11.2 Å². The molecule has 17 heteroatoms. The summed E-state index contributed by atoms with van der Waals surface area (Å²) < 4.78 is 89.8. The Kier molecular flexibility index (Phi) is 7.23. The summed E-state index contributed by atoms with van der Waals surface area (Å²) in [7, 11) is 0. The Morgan fingerprint density at radius 1 is 1.23 bits per heavy atom. The fourth-order valence-corrected chi connectivity index (χ4v) is 3.88. The van der Waals surface area contributed by atoms with Crippen LogP contribution in [0.2, 0.25) is 0 Å². The van der Waals surface area contributed by atoms with Gasteiger partial charge in [-0.05, 0) is 50.5 Å². The zero-order valence-corrected chi connectivity index (χ0v) is 21.6. The quantitative estimate of drug-likeness (QED) is 0.345. The third-order valence-electron chi connectivity index (χ3n) is 6.54. The van der Waals surface area contributed by atoms with Crippen LogP contribution in [0.1, 0.15) is 54.4 Å². The molecule has 3 heterocycles. The number of aryl methyl sites for hydroxylation is 1. The predicted molar refractivity (Wildman–Crippen MR) is 125 cm³/mol. The van der Waals surface area contributed by atoms with Crippen LogP contribution in [-0.4, -0.2) is 73.8 Å². The highest BCUT2D eigenvalue weighted by Gasteiger charge is 2.57. The van der Waals surface area contributed by atoms with Crippen LogP contribution >= 0.6 is 0 Å². The molecule has 3 amide bonds. The number of urea groups is 1. The lowest BCUT2D eigenvalue weighted by Crippen LogP contribution is -2.53. The molecule has 0 aliphatic carbocycles. The topological polar surface area (TPSA) is 138 Å². The number of halogens is 6. The summed E-state index contributed by atoms with van der Waals surface area (Å²) >= 11 is 0. The molecule has 4 rings (SSSR count). The van der Waals surface area contributed by atoms with Gasteiger partial charge in [0.1, 0.15) is 17.6 Å². The third-order valence-corrected chi connectivity index (χ3v) is 6.54. The van der Waals surface area contributed by atoms with Gasteiger partial charge in [0.2, 0.25) is 0 Å². The number of amides is 3. The van der Waals surface area contributed by atoms with E-state index in [1.54, 1.807) is 6.07 Å².